The first kappa shape index (κ1) is 15.5. The van der Waals surface area contributed by atoms with Crippen LogP contribution in [0.5, 0.6) is 0 Å². The Bertz CT molecular complexity index is 543. The number of rotatable bonds is 5. The van der Waals surface area contributed by atoms with Crippen LogP contribution in [0, 0.1) is 12.3 Å². The van der Waals surface area contributed by atoms with Crippen molar-refractivity contribution < 1.29 is 4.79 Å². The molecule has 3 nitrogen and oxygen atoms in total. The minimum atomic E-state index is -0.328. The summed E-state index contributed by atoms with van der Waals surface area (Å²) in [5, 5.41) is 3.20. The Kier molecular flexibility index (Phi) is 4.02. The van der Waals surface area contributed by atoms with Crippen molar-refractivity contribution in [2.24, 2.45) is 5.41 Å². The van der Waals surface area contributed by atoms with E-state index in [9.17, 15) is 4.79 Å². The molecular weight excluding hydrogens is 272 g/mol. The average Bonchev–Trinajstić information content (AvgIpc) is 2.86. The second kappa shape index (κ2) is 5.69. The van der Waals surface area contributed by atoms with E-state index in [2.05, 4.69) is 55.3 Å². The van der Waals surface area contributed by atoms with E-state index >= 15 is 0 Å². The minimum absolute atomic E-state index is 0.0555. The highest BCUT2D eigenvalue weighted by Gasteiger charge is 2.66. The number of nitrogens with zero attached hydrogens (tertiary/aromatic N) is 1. The number of aryl methyl sites for hydroxylation is 1. The van der Waals surface area contributed by atoms with Crippen LogP contribution in [-0.2, 0) is 10.2 Å². The Morgan fingerprint density at radius 3 is 2.32 bits per heavy atom. The van der Waals surface area contributed by atoms with Gasteiger partial charge in [-0.05, 0) is 50.3 Å². The smallest absolute Gasteiger partial charge is 0.231 e. The second-order valence-electron chi connectivity index (χ2n) is 7.64. The van der Waals surface area contributed by atoms with Crippen LogP contribution in [0.2, 0.25) is 0 Å². The van der Waals surface area contributed by atoms with Crippen molar-refractivity contribution in [2.45, 2.75) is 45.4 Å². The molecule has 1 saturated carbocycles. The number of likely N-dealkylation sites (tertiary alicyclic amines) is 1. The van der Waals surface area contributed by atoms with E-state index in [0.29, 0.717) is 0 Å². The molecule has 1 atom stereocenters. The SMILES string of the molecule is Cc1ccc(C2(C(=O)NCCN3CCCC3)CC2(C)C)cc1. The molecule has 1 N–H and O–H groups in total. The second-order valence-corrected chi connectivity index (χ2v) is 7.64. The molecule has 22 heavy (non-hydrogen) atoms. The fourth-order valence-electron chi connectivity index (χ4n) is 3.95. The topological polar surface area (TPSA) is 32.3 Å². The molecule has 120 valence electrons. The van der Waals surface area contributed by atoms with Crippen LogP contribution in [0.1, 0.15) is 44.2 Å². The summed E-state index contributed by atoms with van der Waals surface area (Å²) in [6.07, 6.45) is 3.54. The molecule has 1 aromatic rings. The number of carbonyl (C=O) groups is 1. The van der Waals surface area contributed by atoms with Crippen LogP contribution in [-0.4, -0.2) is 37.0 Å². The molecule has 1 heterocycles. The third-order valence-electron chi connectivity index (χ3n) is 5.58. The Balaban J connectivity index is 1.66. The van der Waals surface area contributed by atoms with E-state index < -0.39 is 0 Å². The van der Waals surface area contributed by atoms with Gasteiger partial charge in [-0.3, -0.25) is 4.79 Å². The number of nitrogens with one attached hydrogen (secondary N) is 1. The van der Waals surface area contributed by atoms with Gasteiger partial charge in [-0.25, -0.2) is 0 Å². The van der Waals surface area contributed by atoms with Crippen LogP contribution in [0.3, 0.4) is 0 Å². The summed E-state index contributed by atoms with van der Waals surface area (Å²) in [7, 11) is 0. The van der Waals surface area contributed by atoms with Crippen LogP contribution in [0.15, 0.2) is 24.3 Å². The Labute approximate surface area is 134 Å². The first-order valence-corrected chi connectivity index (χ1v) is 8.53. The number of hydrogen-bond acceptors (Lipinski definition) is 2. The molecule has 3 heteroatoms. The molecular formula is C19H28N2O. The summed E-state index contributed by atoms with van der Waals surface area (Å²) in [6.45, 7) is 10.6. The monoisotopic (exact) mass is 300 g/mol. The molecule has 0 bridgehead atoms. The largest absolute Gasteiger partial charge is 0.354 e. The van der Waals surface area contributed by atoms with Gasteiger partial charge in [0, 0.05) is 13.1 Å². The van der Waals surface area contributed by atoms with E-state index in [-0.39, 0.29) is 16.7 Å². The van der Waals surface area contributed by atoms with E-state index in [0.717, 1.165) is 19.5 Å². The lowest BCUT2D eigenvalue weighted by Gasteiger charge is -2.22. The van der Waals surface area contributed by atoms with Gasteiger partial charge in [0.15, 0.2) is 0 Å². The predicted octanol–water partition coefficient (Wildman–Crippen LogP) is 2.87. The van der Waals surface area contributed by atoms with Crippen LogP contribution < -0.4 is 5.32 Å². The lowest BCUT2D eigenvalue weighted by molar-refractivity contribution is -0.124. The normalized spacial score (nSPS) is 26.9. The quantitative estimate of drug-likeness (QED) is 0.907. The lowest BCUT2D eigenvalue weighted by atomic mass is 9.86. The lowest BCUT2D eigenvalue weighted by Crippen LogP contribution is -2.41. The number of amides is 1. The molecule has 1 saturated heterocycles. The zero-order valence-corrected chi connectivity index (χ0v) is 14.1. The maximum Gasteiger partial charge on any atom is 0.231 e. The molecule has 3 rings (SSSR count). The van der Waals surface area contributed by atoms with Crippen molar-refractivity contribution >= 4 is 5.91 Å². The van der Waals surface area contributed by atoms with Gasteiger partial charge in [0.1, 0.15) is 0 Å². The minimum Gasteiger partial charge on any atom is -0.354 e. The number of carbonyl (C=O) groups excluding carboxylic acids is 1. The van der Waals surface area contributed by atoms with E-state index in [1.165, 1.54) is 37.1 Å². The van der Waals surface area contributed by atoms with Gasteiger partial charge < -0.3 is 10.2 Å². The van der Waals surface area contributed by atoms with Gasteiger partial charge in [-0.2, -0.15) is 0 Å². The first-order chi connectivity index (χ1) is 10.5. The van der Waals surface area contributed by atoms with Gasteiger partial charge in [0.2, 0.25) is 5.91 Å². The van der Waals surface area contributed by atoms with Gasteiger partial charge in [-0.1, -0.05) is 43.7 Å². The van der Waals surface area contributed by atoms with E-state index in [1.54, 1.807) is 0 Å². The Morgan fingerprint density at radius 1 is 1.18 bits per heavy atom. The summed E-state index contributed by atoms with van der Waals surface area (Å²) in [5.41, 5.74) is 2.14. The highest BCUT2D eigenvalue weighted by Crippen LogP contribution is 2.64. The first-order valence-electron chi connectivity index (χ1n) is 8.53. The van der Waals surface area contributed by atoms with Crippen molar-refractivity contribution in [1.82, 2.24) is 10.2 Å². The molecule has 2 aliphatic rings. The highest BCUT2D eigenvalue weighted by atomic mass is 16.2. The predicted molar refractivity (Wildman–Crippen MR) is 89.9 cm³/mol. The van der Waals surface area contributed by atoms with Crippen molar-refractivity contribution in [2.75, 3.05) is 26.2 Å². The summed E-state index contributed by atoms with van der Waals surface area (Å²) in [5.74, 6) is 0.209. The van der Waals surface area contributed by atoms with Crippen LogP contribution in [0.25, 0.3) is 0 Å². The number of benzene rings is 1. The summed E-state index contributed by atoms with van der Waals surface area (Å²) in [6, 6.07) is 8.49. The molecule has 0 spiro atoms. The summed E-state index contributed by atoms with van der Waals surface area (Å²) >= 11 is 0. The van der Waals surface area contributed by atoms with Crippen molar-refractivity contribution in [3.8, 4) is 0 Å². The fourth-order valence-corrected chi connectivity index (χ4v) is 3.95. The average molecular weight is 300 g/mol. The molecule has 1 aliphatic heterocycles. The zero-order chi connectivity index (χ0) is 15.8. The molecule has 1 aliphatic carbocycles. The molecule has 1 amide bonds. The third kappa shape index (κ3) is 2.67. The Hall–Kier alpha value is -1.35. The van der Waals surface area contributed by atoms with Crippen molar-refractivity contribution in [1.29, 1.82) is 0 Å². The molecule has 1 unspecified atom stereocenters. The summed E-state index contributed by atoms with van der Waals surface area (Å²) < 4.78 is 0. The van der Waals surface area contributed by atoms with Gasteiger partial charge in [0.25, 0.3) is 0 Å². The van der Waals surface area contributed by atoms with E-state index in [1.807, 2.05) is 0 Å². The molecule has 1 aromatic carbocycles. The standard InChI is InChI=1S/C19H28N2O/c1-15-6-8-16(9-7-15)19(14-18(19,2)3)17(22)20-10-13-21-11-4-5-12-21/h6-9H,4-5,10-14H2,1-3H3,(H,20,22). The van der Waals surface area contributed by atoms with E-state index in [4.69, 9.17) is 0 Å². The number of hydrogen-bond donors (Lipinski definition) is 1. The Morgan fingerprint density at radius 2 is 1.77 bits per heavy atom. The maximum atomic E-state index is 12.9. The molecule has 2 fully saturated rings. The summed E-state index contributed by atoms with van der Waals surface area (Å²) in [4.78, 5) is 15.3. The maximum absolute atomic E-state index is 12.9. The zero-order valence-electron chi connectivity index (χ0n) is 14.1. The molecule has 0 radical (unpaired) electrons. The highest BCUT2D eigenvalue weighted by molar-refractivity contribution is 5.93. The van der Waals surface area contributed by atoms with Gasteiger partial charge in [0.05, 0.1) is 5.41 Å². The fraction of sp³-hybridized carbons (Fsp3) is 0.632. The van der Waals surface area contributed by atoms with Gasteiger partial charge in [-0.15, -0.1) is 0 Å². The van der Waals surface area contributed by atoms with Crippen molar-refractivity contribution in [3.05, 3.63) is 35.4 Å². The third-order valence-corrected chi connectivity index (χ3v) is 5.58. The molecule has 0 aromatic heterocycles. The van der Waals surface area contributed by atoms with Crippen LogP contribution >= 0.6 is 0 Å². The van der Waals surface area contributed by atoms with Gasteiger partial charge >= 0.3 is 0 Å². The van der Waals surface area contributed by atoms with Crippen molar-refractivity contribution in [3.63, 3.8) is 0 Å². The van der Waals surface area contributed by atoms with Crippen LogP contribution in [0.4, 0.5) is 0 Å².